The summed E-state index contributed by atoms with van der Waals surface area (Å²) >= 11 is 1.85. The molecule has 2 N–H and O–H groups in total. The molecular formula is C13H18N2O2S2. The van der Waals surface area contributed by atoms with Crippen LogP contribution in [0.3, 0.4) is 0 Å². The van der Waals surface area contributed by atoms with E-state index >= 15 is 0 Å². The lowest BCUT2D eigenvalue weighted by atomic mass is 10.2. The molecule has 1 aromatic heterocycles. The smallest absolute Gasteiger partial charge is 0.240 e. The Kier molecular flexibility index (Phi) is 4.23. The number of hydrogen-bond donors (Lipinski definition) is 1. The summed E-state index contributed by atoms with van der Waals surface area (Å²) < 4.78 is 25.2. The van der Waals surface area contributed by atoms with E-state index < -0.39 is 10.0 Å². The van der Waals surface area contributed by atoms with Crippen molar-refractivity contribution in [1.29, 1.82) is 0 Å². The average Bonchev–Trinajstić information content (AvgIpc) is 2.68. The first-order valence-electron chi connectivity index (χ1n) is 6.12. The molecule has 0 fully saturated rings. The van der Waals surface area contributed by atoms with Crippen molar-refractivity contribution in [3.05, 3.63) is 30.5 Å². The van der Waals surface area contributed by atoms with Crippen molar-refractivity contribution in [3.8, 4) is 0 Å². The van der Waals surface area contributed by atoms with Crippen molar-refractivity contribution < 1.29 is 8.42 Å². The van der Waals surface area contributed by atoms with Crippen LogP contribution in [0.2, 0.25) is 0 Å². The van der Waals surface area contributed by atoms with Gasteiger partial charge in [0.1, 0.15) is 4.90 Å². The van der Waals surface area contributed by atoms with Crippen LogP contribution in [0.4, 0.5) is 0 Å². The normalized spacial score (nSPS) is 12.4. The van der Waals surface area contributed by atoms with Crippen molar-refractivity contribution in [2.24, 2.45) is 5.14 Å². The number of primary sulfonamides is 1. The van der Waals surface area contributed by atoms with Crippen LogP contribution in [0.15, 0.2) is 35.4 Å². The maximum absolute atomic E-state index is 11.6. The summed E-state index contributed by atoms with van der Waals surface area (Å²) in [4.78, 5) is 0.206. The van der Waals surface area contributed by atoms with E-state index in [0.717, 1.165) is 17.8 Å². The Morgan fingerprint density at radius 3 is 2.63 bits per heavy atom. The molecule has 0 saturated carbocycles. The first kappa shape index (κ1) is 14.4. The molecule has 6 heteroatoms. The molecule has 0 aliphatic rings. The van der Waals surface area contributed by atoms with Crippen LogP contribution in [0.25, 0.3) is 10.9 Å². The third kappa shape index (κ3) is 3.32. The molecule has 0 amide bonds. The molecule has 1 aromatic carbocycles. The standard InChI is InChI=1S/C13H18N2O2S2/c1-10(2)18-8-7-15-9-13(19(14,16)17)11-5-3-4-6-12(11)15/h3-6,9-10H,7-8H2,1-2H3,(H2,14,16,17). The number of para-hydroxylation sites is 1. The number of aromatic nitrogens is 1. The first-order valence-corrected chi connectivity index (χ1v) is 8.71. The lowest BCUT2D eigenvalue weighted by Gasteiger charge is -2.07. The molecule has 0 aliphatic carbocycles. The Morgan fingerprint density at radius 2 is 2.00 bits per heavy atom. The first-order chi connectivity index (χ1) is 8.89. The molecule has 0 spiro atoms. The van der Waals surface area contributed by atoms with Crippen LogP contribution in [-0.4, -0.2) is 24.0 Å². The van der Waals surface area contributed by atoms with Gasteiger partial charge in [0, 0.05) is 29.4 Å². The van der Waals surface area contributed by atoms with E-state index in [-0.39, 0.29) is 4.90 Å². The zero-order valence-electron chi connectivity index (χ0n) is 11.0. The van der Waals surface area contributed by atoms with Gasteiger partial charge in [0.15, 0.2) is 0 Å². The van der Waals surface area contributed by atoms with Gasteiger partial charge in [-0.1, -0.05) is 32.0 Å². The van der Waals surface area contributed by atoms with Crippen LogP contribution in [0.1, 0.15) is 13.8 Å². The highest BCUT2D eigenvalue weighted by molar-refractivity contribution is 7.99. The second-order valence-electron chi connectivity index (χ2n) is 4.67. The van der Waals surface area contributed by atoms with Crippen LogP contribution in [0, 0.1) is 0 Å². The number of nitrogens with zero attached hydrogens (tertiary/aromatic N) is 1. The third-order valence-electron chi connectivity index (χ3n) is 2.84. The maximum Gasteiger partial charge on any atom is 0.240 e. The molecule has 2 aromatic rings. The Morgan fingerprint density at radius 1 is 1.32 bits per heavy atom. The number of rotatable bonds is 5. The summed E-state index contributed by atoms with van der Waals surface area (Å²) in [6.45, 7) is 5.07. The molecule has 104 valence electrons. The third-order valence-corrected chi connectivity index (χ3v) is 4.87. The fourth-order valence-corrected chi connectivity index (χ4v) is 3.54. The fourth-order valence-electron chi connectivity index (χ4n) is 2.01. The zero-order valence-corrected chi connectivity index (χ0v) is 12.7. The van der Waals surface area contributed by atoms with Crippen LogP contribution >= 0.6 is 11.8 Å². The molecule has 1 heterocycles. The number of sulfonamides is 1. The largest absolute Gasteiger partial charge is 0.345 e. The Bertz CT molecular complexity index is 675. The molecule has 0 radical (unpaired) electrons. The Hall–Kier alpha value is -0.980. The maximum atomic E-state index is 11.6. The van der Waals surface area contributed by atoms with E-state index in [1.165, 1.54) is 0 Å². The second-order valence-corrected chi connectivity index (χ2v) is 7.88. The van der Waals surface area contributed by atoms with Crippen molar-refractivity contribution in [3.63, 3.8) is 0 Å². The SMILES string of the molecule is CC(C)SCCn1cc(S(N)(=O)=O)c2ccccc21. The van der Waals surface area contributed by atoms with E-state index in [0.29, 0.717) is 10.6 Å². The number of fused-ring (bicyclic) bond motifs is 1. The number of hydrogen-bond acceptors (Lipinski definition) is 3. The van der Waals surface area contributed by atoms with Gasteiger partial charge in [-0.05, 0) is 11.3 Å². The van der Waals surface area contributed by atoms with Gasteiger partial charge >= 0.3 is 0 Å². The highest BCUT2D eigenvalue weighted by Crippen LogP contribution is 2.25. The summed E-state index contributed by atoms with van der Waals surface area (Å²) in [5.74, 6) is 0.945. The quantitative estimate of drug-likeness (QED) is 0.922. The van der Waals surface area contributed by atoms with E-state index in [1.807, 2.05) is 34.5 Å². The van der Waals surface area contributed by atoms with Crippen LogP contribution < -0.4 is 5.14 Å². The number of benzene rings is 1. The predicted molar refractivity (Wildman–Crippen MR) is 80.9 cm³/mol. The average molecular weight is 298 g/mol. The lowest BCUT2D eigenvalue weighted by Crippen LogP contribution is -2.11. The van der Waals surface area contributed by atoms with Gasteiger partial charge in [-0.25, -0.2) is 13.6 Å². The molecule has 0 unspecified atom stereocenters. The molecule has 19 heavy (non-hydrogen) atoms. The summed E-state index contributed by atoms with van der Waals surface area (Å²) in [5, 5.41) is 6.53. The van der Waals surface area contributed by atoms with Gasteiger partial charge in [0.05, 0.1) is 0 Å². The highest BCUT2D eigenvalue weighted by atomic mass is 32.2. The topological polar surface area (TPSA) is 65.1 Å². The number of nitrogens with two attached hydrogens (primary N) is 1. The molecule has 0 bridgehead atoms. The summed E-state index contributed by atoms with van der Waals surface area (Å²) in [6.07, 6.45) is 1.64. The Balaban J connectivity index is 2.39. The Labute approximate surface area is 118 Å². The van der Waals surface area contributed by atoms with Crippen molar-refractivity contribution in [1.82, 2.24) is 4.57 Å². The summed E-state index contributed by atoms with van der Waals surface area (Å²) in [5.41, 5.74) is 0.913. The van der Waals surface area contributed by atoms with Gasteiger partial charge < -0.3 is 4.57 Å². The highest BCUT2D eigenvalue weighted by Gasteiger charge is 2.16. The molecule has 0 saturated heterocycles. The van der Waals surface area contributed by atoms with Crippen molar-refractivity contribution in [2.75, 3.05) is 5.75 Å². The molecule has 4 nitrogen and oxygen atoms in total. The van der Waals surface area contributed by atoms with Crippen molar-refractivity contribution in [2.45, 2.75) is 30.5 Å². The lowest BCUT2D eigenvalue weighted by molar-refractivity contribution is 0.598. The molecule has 2 rings (SSSR count). The van der Waals surface area contributed by atoms with Gasteiger partial charge in [0.2, 0.25) is 10.0 Å². The van der Waals surface area contributed by atoms with E-state index in [1.54, 1.807) is 12.3 Å². The number of thioether (sulfide) groups is 1. The van der Waals surface area contributed by atoms with Crippen LogP contribution in [0.5, 0.6) is 0 Å². The van der Waals surface area contributed by atoms with E-state index in [9.17, 15) is 8.42 Å². The van der Waals surface area contributed by atoms with Gasteiger partial charge in [-0.3, -0.25) is 0 Å². The van der Waals surface area contributed by atoms with Gasteiger partial charge in [-0.15, -0.1) is 0 Å². The minimum absolute atomic E-state index is 0.206. The van der Waals surface area contributed by atoms with E-state index in [4.69, 9.17) is 5.14 Å². The van der Waals surface area contributed by atoms with Crippen molar-refractivity contribution >= 4 is 32.7 Å². The molecule has 0 atom stereocenters. The predicted octanol–water partition coefficient (Wildman–Crippen LogP) is 2.43. The minimum Gasteiger partial charge on any atom is -0.345 e. The monoisotopic (exact) mass is 298 g/mol. The molecular weight excluding hydrogens is 280 g/mol. The second kappa shape index (κ2) is 5.56. The zero-order chi connectivity index (χ0) is 14.0. The van der Waals surface area contributed by atoms with Gasteiger partial charge in [-0.2, -0.15) is 11.8 Å². The summed E-state index contributed by atoms with van der Waals surface area (Å²) in [6, 6.07) is 7.44. The molecule has 0 aliphatic heterocycles. The van der Waals surface area contributed by atoms with E-state index in [2.05, 4.69) is 13.8 Å². The fraction of sp³-hybridized carbons (Fsp3) is 0.385. The van der Waals surface area contributed by atoms with Crippen LogP contribution in [-0.2, 0) is 16.6 Å². The van der Waals surface area contributed by atoms with Gasteiger partial charge in [0.25, 0.3) is 0 Å². The minimum atomic E-state index is -3.68. The number of aryl methyl sites for hydroxylation is 1. The summed E-state index contributed by atoms with van der Waals surface area (Å²) in [7, 11) is -3.68.